The Morgan fingerprint density at radius 1 is 0.857 bits per heavy atom. The molecule has 0 aromatic heterocycles. The molecule has 0 spiro atoms. The summed E-state index contributed by atoms with van der Waals surface area (Å²) in [6.07, 6.45) is 0. The minimum absolute atomic E-state index is 0.0349. The molecule has 0 fully saturated rings. The zero-order valence-corrected chi connectivity index (χ0v) is 11.8. The number of rotatable bonds is 4. The molecule has 0 atom stereocenters. The Morgan fingerprint density at radius 3 is 1.90 bits per heavy atom. The summed E-state index contributed by atoms with van der Waals surface area (Å²) in [6, 6.07) is 6.61. The molecule has 2 aromatic rings. The van der Waals surface area contributed by atoms with Crippen LogP contribution >= 0.6 is 11.6 Å². The smallest absolute Gasteiger partial charge is 0.167 e. The lowest BCUT2D eigenvalue weighted by molar-refractivity contribution is 0.101. The van der Waals surface area contributed by atoms with Crippen LogP contribution in [0, 0.1) is 30.2 Å². The van der Waals surface area contributed by atoms with Crippen LogP contribution in [0.5, 0.6) is 0 Å². The van der Waals surface area contributed by atoms with Gasteiger partial charge in [-0.2, -0.15) is 0 Å². The van der Waals surface area contributed by atoms with E-state index in [1.54, 1.807) is 24.3 Å². The summed E-state index contributed by atoms with van der Waals surface area (Å²) in [5, 5.41) is 0.540. The maximum absolute atomic E-state index is 13.6. The van der Waals surface area contributed by atoms with Crippen molar-refractivity contribution in [3.05, 3.63) is 69.2 Å². The SMILES string of the molecule is Cc1c(F)c(F)c(COCc2ccc(Cl)cc2)c(F)c1F. The van der Waals surface area contributed by atoms with Gasteiger partial charge in [0.05, 0.1) is 18.8 Å². The van der Waals surface area contributed by atoms with Gasteiger partial charge in [0.25, 0.3) is 0 Å². The average Bonchev–Trinajstić information content (AvgIpc) is 2.48. The molecule has 0 aliphatic carbocycles. The van der Waals surface area contributed by atoms with Crippen LogP contribution in [0.4, 0.5) is 17.6 Å². The van der Waals surface area contributed by atoms with Crippen LogP contribution in [-0.2, 0) is 18.0 Å². The van der Waals surface area contributed by atoms with Crippen molar-refractivity contribution in [2.75, 3.05) is 0 Å². The molecule has 1 nitrogen and oxygen atoms in total. The maximum Gasteiger partial charge on any atom is 0.167 e. The molecule has 0 aliphatic rings. The molecular formula is C15H11ClF4O. The third-order valence-corrected chi connectivity index (χ3v) is 3.25. The highest BCUT2D eigenvalue weighted by atomic mass is 35.5. The van der Waals surface area contributed by atoms with E-state index >= 15 is 0 Å². The van der Waals surface area contributed by atoms with Gasteiger partial charge in [-0.1, -0.05) is 23.7 Å². The molecule has 0 saturated carbocycles. The van der Waals surface area contributed by atoms with E-state index in [1.165, 1.54) is 0 Å². The Hall–Kier alpha value is -1.59. The van der Waals surface area contributed by atoms with Gasteiger partial charge in [-0.3, -0.25) is 0 Å². The van der Waals surface area contributed by atoms with E-state index in [-0.39, 0.29) is 6.61 Å². The standard InChI is InChI=1S/C15H11ClF4O/c1-8-12(17)14(19)11(15(20)13(8)18)7-21-6-9-2-4-10(16)5-3-9/h2-5H,6-7H2,1H3. The second-order valence-electron chi connectivity index (χ2n) is 4.48. The Kier molecular flexibility index (Phi) is 4.85. The largest absolute Gasteiger partial charge is 0.372 e. The number of ether oxygens (including phenoxy) is 1. The fourth-order valence-electron chi connectivity index (χ4n) is 1.77. The van der Waals surface area contributed by atoms with Gasteiger partial charge >= 0.3 is 0 Å². The van der Waals surface area contributed by atoms with Crippen molar-refractivity contribution in [3.63, 3.8) is 0 Å². The summed E-state index contributed by atoms with van der Waals surface area (Å²) < 4.78 is 59.1. The molecule has 0 aliphatic heterocycles. The van der Waals surface area contributed by atoms with Crippen molar-refractivity contribution in [1.82, 2.24) is 0 Å². The van der Waals surface area contributed by atoms with Crippen LogP contribution in [-0.4, -0.2) is 0 Å². The maximum atomic E-state index is 13.6. The molecule has 2 aromatic carbocycles. The lowest BCUT2D eigenvalue weighted by atomic mass is 10.1. The van der Waals surface area contributed by atoms with Gasteiger partial charge in [0.2, 0.25) is 0 Å². The third-order valence-electron chi connectivity index (χ3n) is 3.00. The molecule has 6 heteroatoms. The molecule has 0 N–H and O–H groups in total. The molecule has 0 radical (unpaired) electrons. The second kappa shape index (κ2) is 6.45. The third kappa shape index (κ3) is 3.36. The average molecular weight is 319 g/mol. The molecule has 0 heterocycles. The first-order chi connectivity index (χ1) is 9.91. The topological polar surface area (TPSA) is 9.23 Å². The van der Waals surface area contributed by atoms with Crippen LogP contribution in [0.15, 0.2) is 24.3 Å². The molecular weight excluding hydrogens is 308 g/mol. The van der Waals surface area contributed by atoms with E-state index in [4.69, 9.17) is 16.3 Å². The van der Waals surface area contributed by atoms with Crippen molar-refractivity contribution in [2.45, 2.75) is 20.1 Å². The molecule has 2 rings (SSSR count). The van der Waals surface area contributed by atoms with Gasteiger partial charge in [-0.15, -0.1) is 0 Å². The zero-order chi connectivity index (χ0) is 15.6. The van der Waals surface area contributed by atoms with Crippen LogP contribution < -0.4 is 0 Å². The molecule has 0 amide bonds. The predicted octanol–water partition coefficient (Wildman–Crippen LogP) is 4.92. The van der Waals surface area contributed by atoms with E-state index in [1.807, 2.05) is 0 Å². The van der Waals surface area contributed by atoms with E-state index in [9.17, 15) is 17.6 Å². The summed E-state index contributed by atoms with van der Waals surface area (Å²) >= 11 is 5.71. The van der Waals surface area contributed by atoms with Crippen molar-refractivity contribution in [2.24, 2.45) is 0 Å². The van der Waals surface area contributed by atoms with Crippen molar-refractivity contribution < 1.29 is 22.3 Å². The molecule has 0 saturated heterocycles. The van der Waals surface area contributed by atoms with Crippen LogP contribution in [0.1, 0.15) is 16.7 Å². The van der Waals surface area contributed by atoms with E-state index in [0.29, 0.717) is 10.6 Å². The first-order valence-corrected chi connectivity index (χ1v) is 6.43. The summed E-state index contributed by atoms with van der Waals surface area (Å²) in [7, 11) is 0. The van der Waals surface area contributed by atoms with Crippen molar-refractivity contribution in [3.8, 4) is 0 Å². The van der Waals surface area contributed by atoms with Gasteiger partial charge in [-0.05, 0) is 24.6 Å². The quantitative estimate of drug-likeness (QED) is 0.574. The van der Waals surface area contributed by atoms with Crippen LogP contribution in [0.2, 0.25) is 5.02 Å². The number of hydrogen-bond acceptors (Lipinski definition) is 1. The lowest BCUT2D eigenvalue weighted by Gasteiger charge is -2.10. The summed E-state index contributed by atoms with van der Waals surface area (Å²) in [4.78, 5) is 0. The highest BCUT2D eigenvalue weighted by Gasteiger charge is 2.22. The molecule has 21 heavy (non-hydrogen) atoms. The summed E-state index contributed by atoms with van der Waals surface area (Å²) in [5.74, 6) is -5.66. The molecule has 0 bridgehead atoms. The van der Waals surface area contributed by atoms with E-state index < -0.39 is 41.0 Å². The van der Waals surface area contributed by atoms with Crippen molar-refractivity contribution >= 4 is 11.6 Å². The lowest BCUT2D eigenvalue weighted by Crippen LogP contribution is -2.08. The predicted molar refractivity (Wildman–Crippen MR) is 71.0 cm³/mol. The normalized spacial score (nSPS) is 11.0. The van der Waals surface area contributed by atoms with Gasteiger partial charge in [0.1, 0.15) is 0 Å². The minimum atomic E-state index is -1.43. The second-order valence-corrected chi connectivity index (χ2v) is 4.92. The Balaban J connectivity index is 2.12. The van der Waals surface area contributed by atoms with Gasteiger partial charge < -0.3 is 4.74 Å². The Bertz CT molecular complexity index is 627. The first kappa shape index (κ1) is 15.8. The van der Waals surface area contributed by atoms with Crippen molar-refractivity contribution in [1.29, 1.82) is 0 Å². The highest BCUT2D eigenvalue weighted by Crippen LogP contribution is 2.24. The summed E-state index contributed by atoms with van der Waals surface area (Å²) in [6.45, 7) is 0.427. The van der Waals surface area contributed by atoms with Gasteiger partial charge in [0, 0.05) is 10.6 Å². The number of hydrogen-bond donors (Lipinski definition) is 0. The highest BCUT2D eigenvalue weighted by molar-refractivity contribution is 6.30. The van der Waals surface area contributed by atoms with E-state index in [2.05, 4.69) is 0 Å². The molecule has 112 valence electrons. The zero-order valence-electron chi connectivity index (χ0n) is 11.0. The molecule has 0 unspecified atom stereocenters. The fraction of sp³-hybridized carbons (Fsp3) is 0.200. The van der Waals surface area contributed by atoms with Crippen LogP contribution in [0.25, 0.3) is 0 Å². The van der Waals surface area contributed by atoms with E-state index in [0.717, 1.165) is 6.92 Å². The Morgan fingerprint density at radius 2 is 1.38 bits per heavy atom. The number of benzene rings is 2. The summed E-state index contributed by atoms with van der Waals surface area (Å²) in [5.41, 5.74) is -0.732. The van der Waals surface area contributed by atoms with Crippen LogP contribution in [0.3, 0.4) is 0 Å². The fourth-order valence-corrected chi connectivity index (χ4v) is 1.89. The van der Waals surface area contributed by atoms with Gasteiger partial charge in [0.15, 0.2) is 23.3 Å². The first-order valence-electron chi connectivity index (χ1n) is 6.05. The number of halogens is 5. The monoisotopic (exact) mass is 318 g/mol. The van der Waals surface area contributed by atoms with Gasteiger partial charge in [-0.25, -0.2) is 17.6 Å². The minimum Gasteiger partial charge on any atom is -0.372 e. The Labute approximate surface area is 124 Å².